The van der Waals surface area contributed by atoms with Gasteiger partial charge in [0, 0.05) is 18.3 Å². The summed E-state index contributed by atoms with van der Waals surface area (Å²) in [4.78, 5) is 4.35. The van der Waals surface area contributed by atoms with Gasteiger partial charge in [0.1, 0.15) is 0 Å². The van der Waals surface area contributed by atoms with Crippen LogP contribution >= 0.6 is 0 Å². The molecule has 0 aromatic carbocycles. The Balaban J connectivity index is 1.89. The maximum atomic E-state index is 4.35. The third-order valence-electron chi connectivity index (χ3n) is 2.89. The molecule has 70 valence electrons. The monoisotopic (exact) mass is 175 g/mol. The van der Waals surface area contributed by atoms with Gasteiger partial charge in [-0.15, -0.1) is 0 Å². The molecule has 0 fully saturated rings. The molecular formula is C12H17N. The predicted molar refractivity (Wildman–Crippen MR) is 56.8 cm³/mol. The average Bonchev–Trinajstić information content (AvgIpc) is 2.62. The van der Waals surface area contributed by atoms with Crippen molar-refractivity contribution in [1.29, 1.82) is 0 Å². The van der Waals surface area contributed by atoms with E-state index < -0.39 is 0 Å². The lowest BCUT2D eigenvalue weighted by atomic mass is 9.87. The summed E-state index contributed by atoms with van der Waals surface area (Å²) in [6, 6.07) is 0. The number of aliphatic imine (C=N–C) groups is 1. The first-order chi connectivity index (χ1) is 6.34. The summed E-state index contributed by atoms with van der Waals surface area (Å²) >= 11 is 0. The molecule has 0 amide bonds. The molecule has 1 aliphatic carbocycles. The molecule has 0 saturated carbocycles. The van der Waals surface area contributed by atoms with E-state index in [1.807, 2.05) is 6.21 Å². The fourth-order valence-electron chi connectivity index (χ4n) is 2.00. The van der Waals surface area contributed by atoms with Crippen LogP contribution in [0.15, 0.2) is 28.9 Å². The van der Waals surface area contributed by atoms with Gasteiger partial charge in [-0.2, -0.15) is 0 Å². The van der Waals surface area contributed by atoms with Gasteiger partial charge in [-0.3, -0.25) is 4.99 Å². The summed E-state index contributed by atoms with van der Waals surface area (Å²) in [5.41, 5.74) is 1.30. The van der Waals surface area contributed by atoms with Crippen LogP contribution in [0.5, 0.6) is 0 Å². The van der Waals surface area contributed by atoms with Crippen molar-refractivity contribution >= 4 is 6.21 Å². The van der Waals surface area contributed by atoms with Crippen LogP contribution in [0.2, 0.25) is 0 Å². The molecule has 0 aromatic heterocycles. The van der Waals surface area contributed by atoms with Crippen molar-refractivity contribution in [3.8, 4) is 0 Å². The molecule has 1 heterocycles. The number of allylic oxidation sites excluding steroid dienone is 4. The molecule has 1 nitrogen and oxygen atoms in total. The van der Waals surface area contributed by atoms with Crippen molar-refractivity contribution in [2.75, 3.05) is 0 Å². The van der Waals surface area contributed by atoms with Crippen molar-refractivity contribution in [2.24, 2.45) is 16.8 Å². The third-order valence-corrected chi connectivity index (χ3v) is 2.89. The van der Waals surface area contributed by atoms with E-state index in [1.165, 1.54) is 18.5 Å². The van der Waals surface area contributed by atoms with E-state index in [0.717, 1.165) is 24.7 Å². The Morgan fingerprint density at radius 3 is 2.92 bits per heavy atom. The molecule has 0 bridgehead atoms. The van der Waals surface area contributed by atoms with E-state index in [9.17, 15) is 0 Å². The molecule has 2 atom stereocenters. The Kier molecular flexibility index (Phi) is 2.62. The Morgan fingerprint density at radius 1 is 1.38 bits per heavy atom. The fraction of sp³-hybridized carbons (Fsp3) is 0.583. The highest BCUT2D eigenvalue weighted by Crippen LogP contribution is 2.27. The first kappa shape index (κ1) is 8.74. The second-order valence-electron chi connectivity index (χ2n) is 4.15. The van der Waals surface area contributed by atoms with Gasteiger partial charge < -0.3 is 0 Å². The molecule has 13 heavy (non-hydrogen) atoms. The van der Waals surface area contributed by atoms with Crippen molar-refractivity contribution in [1.82, 2.24) is 0 Å². The van der Waals surface area contributed by atoms with Crippen LogP contribution in [0.4, 0.5) is 0 Å². The molecule has 1 heteroatoms. The quantitative estimate of drug-likeness (QED) is 0.571. The maximum Gasteiger partial charge on any atom is 0.0369 e. The van der Waals surface area contributed by atoms with Crippen molar-refractivity contribution in [3.05, 3.63) is 23.9 Å². The lowest BCUT2D eigenvalue weighted by molar-refractivity contribution is 0.473. The minimum Gasteiger partial charge on any atom is -0.266 e. The van der Waals surface area contributed by atoms with Crippen LogP contribution in [0, 0.1) is 11.8 Å². The summed E-state index contributed by atoms with van der Waals surface area (Å²) in [7, 11) is 0. The minimum atomic E-state index is 0.748. The van der Waals surface area contributed by atoms with Crippen LogP contribution in [0.1, 0.15) is 32.6 Å². The van der Waals surface area contributed by atoms with Crippen LogP contribution in [-0.2, 0) is 0 Å². The topological polar surface area (TPSA) is 12.4 Å². The van der Waals surface area contributed by atoms with Gasteiger partial charge in [0.15, 0.2) is 0 Å². The highest BCUT2D eigenvalue weighted by Gasteiger charge is 2.14. The largest absolute Gasteiger partial charge is 0.266 e. The number of hydrogen-bond donors (Lipinski definition) is 0. The van der Waals surface area contributed by atoms with Crippen molar-refractivity contribution < 1.29 is 0 Å². The van der Waals surface area contributed by atoms with E-state index in [2.05, 4.69) is 30.1 Å². The Bertz CT molecular complexity index is 260. The summed E-state index contributed by atoms with van der Waals surface area (Å²) in [6.45, 7) is 2.29. The second-order valence-corrected chi connectivity index (χ2v) is 4.15. The van der Waals surface area contributed by atoms with E-state index >= 15 is 0 Å². The molecule has 2 aliphatic rings. The molecule has 0 spiro atoms. The fourth-order valence-corrected chi connectivity index (χ4v) is 2.00. The minimum absolute atomic E-state index is 0.748. The third kappa shape index (κ3) is 2.30. The first-order valence-corrected chi connectivity index (χ1v) is 5.24. The molecule has 2 unspecified atom stereocenters. The predicted octanol–water partition coefficient (Wildman–Crippen LogP) is 3.34. The molecule has 2 rings (SSSR count). The normalized spacial score (nSPS) is 32.2. The van der Waals surface area contributed by atoms with Gasteiger partial charge in [-0.25, -0.2) is 0 Å². The zero-order valence-corrected chi connectivity index (χ0v) is 8.24. The SMILES string of the molecule is CC1C=CC(CC2=CCC=N2)CC1. The molecule has 1 aliphatic heterocycles. The van der Waals surface area contributed by atoms with E-state index in [1.54, 1.807) is 0 Å². The molecule has 0 aromatic rings. The number of rotatable bonds is 2. The van der Waals surface area contributed by atoms with Gasteiger partial charge >= 0.3 is 0 Å². The summed E-state index contributed by atoms with van der Waals surface area (Å²) in [5, 5.41) is 0. The van der Waals surface area contributed by atoms with E-state index in [0.29, 0.717) is 0 Å². The highest BCUT2D eigenvalue weighted by atomic mass is 14.7. The number of nitrogens with zero attached hydrogens (tertiary/aromatic N) is 1. The maximum absolute atomic E-state index is 4.35. The Hall–Kier alpha value is -0.850. The highest BCUT2D eigenvalue weighted by molar-refractivity contribution is 5.64. The zero-order chi connectivity index (χ0) is 9.10. The van der Waals surface area contributed by atoms with E-state index in [-0.39, 0.29) is 0 Å². The molecular weight excluding hydrogens is 158 g/mol. The Morgan fingerprint density at radius 2 is 2.31 bits per heavy atom. The van der Waals surface area contributed by atoms with Gasteiger partial charge in [-0.1, -0.05) is 25.2 Å². The van der Waals surface area contributed by atoms with Crippen LogP contribution in [0.3, 0.4) is 0 Å². The lowest BCUT2D eigenvalue weighted by Gasteiger charge is -2.19. The second kappa shape index (κ2) is 3.91. The van der Waals surface area contributed by atoms with E-state index in [4.69, 9.17) is 0 Å². The van der Waals surface area contributed by atoms with Gasteiger partial charge in [0.05, 0.1) is 0 Å². The summed E-state index contributed by atoms with van der Waals surface area (Å²) < 4.78 is 0. The van der Waals surface area contributed by atoms with Gasteiger partial charge in [-0.05, 0) is 31.1 Å². The average molecular weight is 175 g/mol. The summed E-state index contributed by atoms with van der Waals surface area (Å²) in [6.07, 6.45) is 13.9. The Labute approximate surface area is 80.3 Å². The smallest absolute Gasteiger partial charge is 0.0369 e. The van der Waals surface area contributed by atoms with Crippen molar-refractivity contribution in [2.45, 2.75) is 32.6 Å². The van der Waals surface area contributed by atoms with Crippen molar-refractivity contribution in [3.63, 3.8) is 0 Å². The lowest BCUT2D eigenvalue weighted by Crippen LogP contribution is -2.06. The van der Waals surface area contributed by atoms with Gasteiger partial charge in [0.25, 0.3) is 0 Å². The molecule has 0 radical (unpaired) electrons. The summed E-state index contributed by atoms with van der Waals surface area (Å²) in [5.74, 6) is 1.54. The number of hydrogen-bond acceptors (Lipinski definition) is 1. The van der Waals surface area contributed by atoms with Crippen LogP contribution in [-0.4, -0.2) is 6.21 Å². The molecule has 0 saturated heterocycles. The molecule has 0 N–H and O–H groups in total. The standard InChI is InChI=1S/C12H17N/c1-10-4-6-11(7-5-10)9-12-3-2-8-13-12/h3-4,6,8,10-11H,2,5,7,9H2,1H3. The van der Waals surface area contributed by atoms with Gasteiger partial charge in [0.2, 0.25) is 0 Å². The first-order valence-electron chi connectivity index (χ1n) is 5.24. The zero-order valence-electron chi connectivity index (χ0n) is 8.24. The van der Waals surface area contributed by atoms with Crippen LogP contribution < -0.4 is 0 Å². The van der Waals surface area contributed by atoms with Crippen LogP contribution in [0.25, 0.3) is 0 Å².